The molecule has 1 unspecified atom stereocenters. The monoisotopic (exact) mass is 530 g/mol. The number of hydrogen-bond acceptors (Lipinski definition) is 7. The fourth-order valence-corrected chi connectivity index (χ4v) is 5.25. The summed E-state index contributed by atoms with van der Waals surface area (Å²) in [5.41, 5.74) is 11.5. The smallest absolute Gasteiger partial charge is 0.298 e. The van der Waals surface area contributed by atoms with Gasteiger partial charge >= 0.3 is 0 Å². The number of nitrogens with one attached hydrogen (secondary N) is 1. The van der Waals surface area contributed by atoms with Crippen LogP contribution >= 0.6 is 0 Å². The number of nitro benzene ring substituents is 1. The maximum atomic E-state index is 14.2. The van der Waals surface area contributed by atoms with E-state index in [4.69, 9.17) is 10.5 Å². The number of rotatable bonds is 4. The Morgan fingerprint density at radius 3 is 2.52 bits per heavy atom. The fourth-order valence-electron chi connectivity index (χ4n) is 5.25. The number of nitrogens with two attached hydrogens (primary N) is 1. The number of hydrogen-bond donors (Lipinski definition) is 2. The highest BCUT2D eigenvalue weighted by atomic mass is 16.6. The number of nitrogens with zero attached hydrogens (tertiary/aromatic N) is 4. The number of ether oxygens (including phenoxy) is 1. The van der Waals surface area contributed by atoms with Gasteiger partial charge in [-0.2, -0.15) is 15.0 Å². The summed E-state index contributed by atoms with van der Waals surface area (Å²) in [6, 6.07) is 23.5. The lowest BCUT2D eigenvalue weighted by Crippen LogP contribution is -2.24. The van der Waals surface area contributed by atoms with E-state index in [1.807, 2.05) is 55.5 Å². The molecule has 0 amide bonds. The van der Waals surface area contributed by atoms with Crippen LogP contribution in [-0.4, -0.2) is 25.6 Å². The van der Waals surface area contributed by atoms with Crippen molar-refractivity contribution in [3.63, 3.8) is 0 Å². The van der Waals surface area contributed by atoms with Crippen LogP contribution in [0.4, 0.5) is 5.69 Å². The number of aromatic nitrogens is 3. The molecule has 5 aromatic rings. The summed E-state index contributed by atoms with van der Waals surface area (Å²) >= 11 is 0. The Balaban J connectivity index is 1.54. The molecule has 2 aromatic heterocycles. The molecule has 0 radical (unpaired) electrons. The molecule has 0 fully saturated rings. The predicted octanol–water partition coefficient (Wildman–Crippen LogP) is 5.46. The zero-order valence-electron chi connectivity index (χ0n) is 21.5. The second kappa shape index (κ2) is 9.25. The molecule has 1 aliphatic heterocycles. The number of benzene rings is 3. The van der Waals surface area contributed by atoms with Gasteiger partial charge in [0.1, 0.15) is 17.3 Å². The molecule has 0 aliphatic carbocycles. The molecular formula is C30H22N6O4. The Morgan fingerprint density at radius 1 is 1.12 bits per heavy atom. The quantitative estimate of drug-likeness (QED) is 0.231. The van der Waals surface area contributed by atoms with Gasteiger partial charge in [-0.3, -0.25) is 14.9 Å². The molecule has 1 aliphatic rings. The van der Waals surface area contributed by atoms with E-state index in [1.165, 1.54) is 12.1 Å². The highest BCUT2D eigenvalue weighted by molar-refractivity contribution is 6.10. The van der Waals surface area contributed by atoms with Gasteiger partial charge in [-0.05, 0) is 37.1 Å². The van der Waals surface area contributed by atoms with Gasteiger partial charge in [0.15, 0.2) is 0 Å². The first kappa shape index (κ1) is 24.6. The average Bonchev–Trinajstić information content (AvgIpc) is 3.49. The standard InChI is InChI=1S/C30H22N6O4/c1-16-8-13-23-21(14-16)26(18-6-4-3-5-7-18)27(33-23)29(37)35-30-24(17(2)34-35)25(22(15-31)28(32)40-30)19-9-11-20(12-10-19)36(38)39/h3-14,25,33H,32H2,1-2H3. The van der Waals surface area contributed by atoms with Crippen LogP contribution in [0.2, 0.25) is 0 Å². The molecule has 6 rings (SSSR count). The SMILES string of the molecule is Cc1ccc2[nH]c(C(=O)n3nc(C)c4c3OC(N)=C(C#N)C4c3ccc([N+](=O)[O-])cc3)c(-c3ccccc3)c2c1. The van der Waals surface area contributed by atoms with Crippen molar-refractivity contribution in [2.24, 2.45) is 5.73 Å². The Kier molecular flexibility index (Phi) is 5.70. The summed E-state index contributed by atoms with van der Waals surface area (Å²) in [6.07, 6.45) is 0. The minimum absolute atomic E-state index is 0.0865. The van der Waals surface area contributed by atoms with E-state index in [0.717, 1.165) is 32.3 Å². The second-order valence-corrected chi connectivity index (χ2v) is 9.58. The first-order valence-electron chi connectivity index (χ1n) is 12.4. The van der Waals surface area contributed by atoms with Crippen LogP contribution in [0.15, 0.2) is 84.3 Å². The zero-order chi connectivity index (χ0) is 28.1. The van der Waals surface area contributed by atoms with Gasteiger partial charge in [-0.25, -0.2) is 0 Å². The number of fused-ring (bicyclic) bond motifs is 2. The summed E-state index contributed by atoms with van der Waals surface area (Å²) in [6.45, 7) is 3.71. The van der Waals surface area contributed by atoms with E-state index in [-0.39, 0.29) is 23.0 Å². The Labute approximate surface area is 228 Å². The predicted molar refractivity (Wildman–Crippen MR) is 148 cm³/mol. The first-order chi connectivity index (χ1) is 19.3. The lowest BCUT2D eigenvalue weighted by molar-refractivity contribution is -0.384. The van der Waals surface area contributed by atoms with Gasteiger partial charge in [-0.1, -0.05) is 54.1 Å². The third-order valence-electron chi connectivity index (χ3n) is 7.09. The molecule has 0 bridgehead atoms. The van der Waals surface area contributed by atoms with Crippen molar-refractivity contribution in [3.8, 4) is 23.1 Å². The summed E-state index contributed by atoms with van der Waals surface area (Å²) in [7, 11) is 0. The van der Waals surface area contributed by atoms with Crippen LogP contribution in [0, 0.1) is 35.3 Å². The van der Waals surface area contributed by atoms with Crippen LogP contribution in [0.1, 0.15) is 38.8 Å². The largest absolute Gasteiger partial charge is 0.422 e. The summed E-state index contributed by atoms with van der Waals surface area (Å²) < 4.78 is 7.04. The van der Waals surface area contributed by atoms with Gasteiger partial charge in [0.25, 0.3) is 11.6 Å². The van der Waals surface area contributed by atoms with E-state index in [9.17, 15) is 20.2 Å². The van der Waals surface area contributed by atoms with E-state index in [1.54, 1.807) is 19.1 Å². The first-order valence-corrected chi connectivity index (χ1v) is 12.4. The highest BCUT2D eigenvalue weighted by Crippen LogP contribution is 2.44. The van der Waals surface area contributed by atoms with Crippen LogP contribution < -0.4 is 10.5 Å². The zero-order valence-corrected chi connectivity index (χ0v) is 21.5. The van der Waals surface area contributed by atoms with Gasteiger partial charge in [0.2, 0.25) is 11.8 Å². The van der Waals surface area contributed by atoms with E-state index < -0.39 is 16.7 Å². The molecule has 0 saturated heterocycles. The van der Waals surface area contributed by atoms with Crippen LogP contribution in [0.25, 0.3) is 22.0 Å². The van der Waals surface area contributed by atoms with E-state index in [0.29, 0.717) is 22.5 Å². The fraction of sp³-hybridized carbons (Fsp3) is 0.100. The number of nitriles is 1. The number of carbonyl (C=O) groups excluding carboxylic acids is 1. The summed E-state index contributed by atoms with van der Waals surface area (Å²) in [5.74, 6) is -1.26. The average molecular weight is 531 g/mol. The number of allylic oxidation sites excluding steroid dienone is 1. The molecule has 1 atom stereocenters. The lowest BCUT2D eigenvalue weighted by atomic mass is 9.84. The number of aryl methyl sites for hydroxylation is 2. The number of carbonyl (C=O) groups is 1. The van der Waals surface area contributed by atoms with Crippen LogP contribution in [0.3, 0.4) is 0 Å². The molecule has 3 heterocycles. The number of nitro groups is 1. The Bertz CT molecular complexity index is 1910. The third-order valence-corrected chi connectivity index (χ3v) is 7.09. The van der Waals surface area contributed by atoms with Crippen molar-refractivity contribution < 1.29 is 14.5 Å². The lowest BCUT2D eigenvalue weighted by Gasteiger charge is -2.24. The van der Waals surface area contributed by atoms with Crippen molar-refractivity contribution >= 4 is 22.5 Å². The molecule has 40 heavy (non-hydrogen) atoms. The van der Waals surface area contributed by atoms with Crippen LogP contribution in [0.5, 0.6) is 5.88 Å². The van der Waals surface area contributed by atoms with E-state index in [2.05, 4.69) is 16.2 Å². The summed E-state index contributed by atoms with van der Waals surface area (Å²) in [4.78, 5) is 28.2. The molecule has 3 aromatic carbocycles. The van der Waals surface area contributed by atoms with E-state index >= 15 is 0 Å². The number of H-pyrrole nitrogens is 1. The number of non-ortho nitro benzene ring substituents is 1. The van der Waals surface area contributed by atoms with Crippen molar-refractivity contribution in [3.05, 3.63) is 122 Å². The normalized spacial score (nSPS) is 14.5. The second-order valence-electron chi connectivity index (χ2n) is 9.58. The molecular weight excluding hydrogens is 508 g/mol. The number of aromatic amines is 1. The van der Waals surface area contributed by atoms with Crippen molar-refractivity contribution in [2.75, 3.05) is 0 Å². The maximum Gasteiger partial charge on any atom is 0.298 e. The van der Waals surface area contributed by atoms with Crippen molar-refractivity contribution in [1.82, 2.24) is 14.8 Å². The minimum Gasteiger partial charge on any atom is -0.422 e. The van der Waals surface area contributed by atoms with Gasteiger partial charge in [0, 0.05) is 28.6 Å². The molecule has 196 valence electrons. The highest BCUT2D eigenvalue weighted by Gasteiger charge is 2.38. The van der Waals surface area contributed by atoms with Gasteiger partial charge < -0.3 is 15.5 Å². The third kappa shape index (κ3) is 3.80. The Hall–Kier alpha value is -5.69. The Morgan fingerprint density at radius 2 is 1.85 bits per heavy atom. The van der Waals surface area contributed by atoms with Crippen molar-refractivity contribution in [2.45, 2.75) is 19.8 Å². The molecule has 3 N–H and O–H groups in total. The minimum atomic E-state index is -0.727. The molecule has 10 heteroatoms. The van der Waals surface area contributed by atoms with Crippen LogP contribution in [-0.2, 0) is 0 Å². The maximum absolute atomic E-state index is 14.2. The van der Waals surface area contributed by atoms with Gasteiger partial charge in [-0.15, -0.1) is 0 Å². The van der Waals surface area contributed by atoms with Gasteiger partial charge in [0.05, 0.1) is 22.1 Å². The topological polar surface area (TPSA) is 153 Å². The van der Waals surface area contributed by atoms with Crippen molar-refractivity contribution in [1.29, 1.82) is 5.26 Å². The molecule has 10 nitrogen and oxygen atoms in total. The molecule has 0 spiro atoms. The molecule has 0 saturated carbocycles. The summed E-state index contributed by atoms with van der Waals surface area (Å²) in [5, 5.41) is 26.6.